The van der Waals surface area contributed by atoms with Crippen LogP contribution in [0.15, 0.2) is 6.33 Å². The number of nitrogens with zero attached hydrogens (tertiary/aromatic N) is 5. The van der Waals surface area contributed by atoms with Crippen molar-refractivity contribution in [2.45, 2.75) is 25.6 Å². The molecule has 1 saturated heterocycles. The molecule has 1 aliphatic carbocycles. The van der Waals surface area contributed by atoms with Gasteiger partial charge in [-0.1, -0.05) is 5.92 Å². The van der Waals surface area contributed by atoms with Gasteiger partial charge < -0.3 is 4.57 Å². The molecule has 0 unspecified atom stereocenters. The van der Waals surface area contributed by atoms with Gasteiger partial charge >= 0.3 is 0 Å². The fourth-order valence-corrected chi connectivity index (χ4v) is 2.76. The fraction of sp³-hybridized carbons (Fsp3) is 0.692. The quantitative estimate of drug-likeness (QED) is 0.605. The van der Waals surface area contributed by atoms with Crippen molar-refractivity contribution >= 4 is 12.2 Å². The molecule has 2 aliphatic rings. The molecule has 2 fully saturated rings. The Hall–Kier alpha value is -1.16. The van der Waals surface area contributed by atoms with E-state index in [0.29, 0.717) is 6.04 Å². The van der Waals surface area contributed by atoms with Crippen LogP contribution in [0.2, 0.25) is 0 Å². The van der Waals surface area contributed by atoms with Crippen LogP contribution < -0.4 is 0 Å². The zero-order valence-corrected chi connectivity index (χ0v) is 11.8. The lowest BCUT2D eigenvalue weighted by molar-refractivity contribution is 0.111. The predicted octanol–water partition coefficient (Wildman–Crippen LogP) is 0.957. The molecule has 2 heterocycles. The summed E-state index contributed by atoms with van der Waals surface area (Å²) in [6.45, 7) is 5.66. The van der Waals surface area contributed by atoms with Gasteiger partial charge in [-0.25, -0.2) is 4.68 Å². The average Bonchev–Trinajstić information content (AvgIpc) is 3.19. The number of hydrogen-bond acceptors (Lipinski definition) is 4. The molecule has 102 valence electrons. The van der Waals surface area contributed by atoms with E-state index >= 15 is 0 Å². The normalized spacial score (nSPS) is 21.4. The lowest BCUT2D eigenvalue weighted by Crippen LogP contribution is -2.46. The molecule has 0 spiro atoms. The van der Waals surface area contributed by atoms with Crippen LogP contribution in [-0.4, -0.2) is 56.9 Å². The Balaban J connectivity index is 1.58. The lowest BCUT2D eigenvalue weighted by Gasteiger charge is -2.33. The molecular weight excluding hydrogens is 258 g/mol. The Kier molecular flexibility index (Phi) is 3.69. The van der Waals surface area contributed by atoms with Crippen molar-refractivity contribution in [2.75, 3.05) is 32.7 Å². The molecule has 1 saturated carbocycles. The molecule has 0 bridgehead atoms. The van der Waals surface area contributed by atoms with E-state index in [9.17, 15) is 0 Å². The molecule has 3 rings (SSSR count). The summed E-state index contributed by atoms with van der Waals surface area (Å²) >= 11 is 5.47. The number of aromatic nitrogens is 3. The van der Waals surface area contributed by atoms with Gasteiger partial charge in [0.1, 0.15) is 6.33 Å². The van der Waals surface area contributed by atoms with Crippen molar-refractivity contribution in [2.24, 2.45) is 0 Å². The van der Waals surface area contributed by atoms with E-state index in [-0.39, 0.29) is 0 Å². The van der Waals surface area contributed by atoms with Gasteiger partial charge in [0.05, 0.1) is 13.2 Å². The largest absolute Gasteiger partial charge is 0.303 e. The fourth-order valence-electron chi connectivity index (χ4n) is 2.46. The molecule has 0 radical (unpaired) electrons. The van der Waals surface area contributed by atoms with Crippen molar-refractivity contribution in [1.29, 1.82) is 0 Å². The first-order valence-corrected chi connectivity index (χ1v) is 7.21. The Labute approximate surface area is 118 Å². The van der Waals surface area contributed by atoms with E-state index in [1.807, 2.05) is 11.0 Å². The first-order valence-electron chi connectivity index (χ1n) is 6.80. The smallest absolute Gasteiger partial charge is 0.199 e. The molecule has 1 aromatic heterocycles. The van der Waals surface area contributed by atoms with Gasteiger partial charge in [0.15, 0.2) is 4.77 Å². The summed E-state index contributed by atoms with van der Waals surface area (Å²) in [5.41, 5.74) is 0. The lowest BCUT2D eigenvalue weighted by atomic mass is 10.3. The van der Waals surface area contributed by atoms with Crippen LogP contribution in [0.3, 0.4) is 0 Å². The Morgan fingerprint density at radius 1 is 1.26 bits per heavy atom. The maximum atomic E-state index is 5.47. The molecule has 0 amide bonds. The van der Waals surface area contributed by atoms with Crippen molar-refractivity contribution in [1.82, 2.24) is 24.1 Å². The second kappa shape index (κ2) is 5.45. The van der Waals surface area contributed by atoms with Crippen LogP contribution in [0.1, 0.15) is 18.9 Å². The third-order valence-corrected chi connectivity index (χ3v) is 4.23. The van der Waals surface area contributed by atoms with Crippen LogP contribution in [0.4, 0.5) is 0 Å². The van der Waals surface area contributed by atoms with Crippen LogP contribution in [0, 0.1) is 17.1 Å². The molecule has 6 heteroatoms. The summed E-state index contributed by atoms with van der Waals surface area (Å²) in [6.07, 6.45) is 9.70. The number of terminal acetylenes is 1. The second-order valence-corrected chi connectivity index (χ2v) is 5.66. The minimum atomic E-state index is 0.605. The first kappa shape index (κ1) is 12.9. The molecule has 0 atom stereocenters. The van der Waals surface area contributed by atoms with Crippen molar-refractivity contribution in [3.8, 4) is 12.3 Å². The van der Waals surface area contributed by atoms with Gasteiger partial charge in [0.25, 0.3) is 0 Å². The summed E-state index contributed by atoms with van der Waals surface area (Å²) in [7, 11) is 0. The van der Waals surface area contributed by atoms with E-state index in [1.54, 1.807) is 0 Å². The van der Waals surface area contributed by atoms with Gasteiger partial charge in [-0.15, -0.1) is 6.42 Å². The molecule has 19 heavy (non-hydrogen) atoms. The van der Waals surface area contributed by atoms with Gasteiger partial charge in [0, 0.05) is 32.2 Å². The monoisotopic (exact) mass is 277 g/mol. The van der Waals surface area contributed by atoms with Crippen LogP contribution >= 0.6 is 12.2 Å². The van der Waals surface area contributed by atoms with Crippen LogP contribution in [0.25, 0.3) is 0 Å². The van der Waals surface area contributed by atoms with E-state index in [1.165, 1.54) is 12.8 Å². The summed E-state index contributed by atoms with van der Waals surface area (Å²) in [5, 5.41) is 4.41. The molecule has 5 nitrogen and oxygen atoms in total. The average molecular weight is 277 g/mol. The summed E-state index contributed by atoms with van der Waals surface area (Å²) in [6, 6.07) is 0.605. The highest BCUT2D eigenvalue weighted by molar-refractivity contribution is 7.71. The van der Waals surface area contributed by atoms with Crippen LogP contribution in [-0.2, 0) is 6.67 Å². The van der Waals surface area contributed by atoms with E-state index < -0.39 is 0 Å². The number of hydrogen-bond donors (Lipinski definition) is 0. The highest BCUT2D eigenvalue weighted by Crippen LogP contribution is 2.34. The third-order valence-electron chi connectivity index (χ3n) is 3.81. The second-order valence-electron chi connectivity index (χ2n) is 5.29. The van der Waals surface area contributed by atoms with Crippen molar-refractivity contribution in [3.63, 3.8) is 0 Å². The standard InChI is InChI=1S/C13H19N5S/c1-2-5-15-6-8-16(9-7-15)11-18-13(19)17(10-14-18)12-3-4-12/h1,10,12H,3-9,11H2. The zero-order chi connectivity index (χ0) is 13.2. The molecule has 0 aromatic carbocycles. The first-order chi connectivity index (χ1) is 9.28. The van der Waals surface area contributed by atoms with Crippen molar-refractivity contribution < 1.29 is 0 Å². The van der Waals surface area contributed by atoms with Gasteiger partial charge in [0.2, 0.25) is 0 Å². The molecule has 1 aromatic rings. The van der Waals surface area contributed by atoms with Gasteiger partial charge in [-0.3, -0.25) is 9.80 Å². The maximum Gasteiger partial charge on any atom is 0.199 e. The Morgan fingerprint density at radius 3 is 2.58 bits per heavy atom. The molecular formula is C13H19N5S. The van der Waals surface area contributed by atoms with Gasteiger partial charge in [-0.2, -0.15) is 5.10 Å². The SMILES string of the molecule is C#CCN1CCN(Cn2ncn(C3CC3)c2=S)CC1. The van der Waals surface area contributed by atoms with E-state index in [4.69, 9.17) is 18.6 Å². The Bertz CT molecular complexity index is 528. The number of rotatable bonds is 4. The van der Waals surface area contributed by atoms with Gasteiger partial charge in [-0.05, 0) is 25.1 Å². The van der Waals surface area contributed by atoms with Crippen molar-refractivity contribution in [3.05, 3.63) is 11.1 Å². The molecule has 1 aliphatic heterocycles. The van der Waals surface area contributed by atoms with E-state index in [2.05, 4.69) is 25.4 Å². The summed E-state index contributed by atoms with van der Waals surface area (Å²) < 4.78 is 4.92. The van der Waals surface area contributed by atoms with Crippen LogP contribution in [0.5, 0.6) is 0 Å². The predicted molar refractivity (Wildman–Crippen MR) is 76.2 cm³/mol. The third kappa shape index (κ3) is 2.89. The zero-order valence-electron chi connectivity index (χ0n) is 11.0. The maximum absolute atomic E-state index is 5.47. The summed E-state index contributed by atoms with van der Waals surface area (Å²) in [4.78, 5) is 4.69. The molecule has 0 N–H and O–H groups in total. The summed E-state index contributed by atoms with van der Waals surface area (Å²) in [5.74, 6) is 2.70. The topological polar surface area (TPSA) is 29.2 Å². The minimum absolute atomic E-state index is 0.605. The number of piperazine rings is 1. The highest BCUT2D eigenvalue weighted by Gasteiger charge is 2.25. The Morgan fingerprint density at radius 2 is 1.95 bits per heavy atom. The highest BCUT2D eigenvalue weighted by atomic mass is 32.1. The minimum Gasteiger partial charge on any atom is -0.303 e. The van der Waals surface area contributed by atoms with E-state index in [0.717, 1.165) is 44.2 Å².